The van der Waals surface area contributed by atoms with Crippen LogP contribution in [0.2, 0.25) is 0 Å². The lowest BCUT2D eigenvalue weighted by atomic mass is 10.1. The number of amides is 1. The first-order chi connectivity index (χ1) is 8.91. The molecule has 2 fully saturated rings. The molecule has 0 saturated carbocycles. The summed E-state index contributed by atoms with van der Waals surface area (Å²) in [6.45, 7) is 12.6. The molecule has 2 heterocycles. The van der Waals surface area contributed by atoms with E-state index in [9.17, 15) is 4.79 Å². The number of rotatable bonds is 2. The lowest BCUT2D eigenvalue weighted by molar-refractivity contribution is -0.141. The van der Waals surface area contributed by atoms with Crippen molar-refractivity contribution < 1.29 is 4.79 Å². The van der Waals surface area contributed by atoms with Crippen LogP contribution in [-0.2, 0) is 4.79 Å². The van der Waals surface area contributed by atoms with Crippen molar-refractivity contribution in [1.82, 2.24) is 15.1 Å². The summed E-state index contributed by atoms with van der Waals surface area (Å²) in [5.74, 6) is 0.307. The van der Waals surface area contributed by atoms with Crippen LogP contribution in [0.4, 0.5) is 0 Å². The predicted molar refractivity (Wildman–Crippen MR) is 78.1 cm³/mol. The molecule has 2 aliphatic heterocycles. The lowest BCUT2D eigenvalue weighted by Crippen LogP contribution is -2.60. The molecule has 4 nitrogen and oxygen atoms in total. The highest BCUT2D eigenvalue weighted by Crippen LogP contribution is 2.27. The summed E-state index contributed by atoms with van der Waals surface area (Å²) in [7, 11) is 0. The summed E-state index contributed by atoms with van der Waals surface area (Å²) >= 11 is 0. The van der Waals surface area contributed by atoms with E-state index in [2.05, 4.69) is 49.7 Å². The van der Waals surface area contributed by atoms with Crippen LogP contribution in [0.1, 0.15) is 47.5 Å². The van der Waals surface area contributed by atoms with Crippen LogP contribution in [0.25, 0.3) is 0 Å². The highest BCUT2D eigenvalue weighted by atomic mass is 16.2. The Labute approximate surface area is 117 Å². The van der Waals surface area contributed by atoms with Crippen molar-refractivity contribution in [2.75, 3.05) is 13.1 Å². The van der Waals surface area contributed by atoms with Gasteiger partial charge in [-0.1, -0.05) is 0 Å². The number of nitrogens with zero attached hydrogens (tertiary/aromatic N) is 2. The summed E-state index contributed by atoms with van der Waals surface area (Å²) in [6, 6.07) is 1.79. The second-order valence-corrected chi connectivity index (χ2v) is 6.55. The van der Waals surface area contributed by atoms with E-state index in [1.165, 1.54) is 12.8 Å². The molecular weight excluding hydrogens is 238 g/mol. The molecule has 0 aromatic heterocycles. The highest BCUT2D eigenvalue weighted by molar-refractivity contribution is 5.82. The third-order valence-electron chi connectivity index (χ3n) is 4.87. The molecule has 0 aliphatic carbocycles. The van der Waals surface area contributed by atoms with Gasteiger partial charge in [0.2, 0.25) is 5.91 Å². The quantitative estimate of drug-likeness (QED) is 0.823. The van der Waals surface area contributed by atoms with E-state index in [0.717, 1.165) is 13.1 Å². The summed E-state index contributed by atoms with van der Waals surface area (Å²) in [5.41, 5.74) is 0. The number of nitrogens with one attached hydrogen (secondary N) is 1. The smallest absolute Gasteiger partial charge is 0.239 e. The number of piperazine rings is 1. The molecule has 5 atom stereocenters. The summed E-state index contributed by atoms with van der Waals surface area (Å²) < 4.78 is 0. The van der Waals surface area contributed by atoms with Crippen molar-refractivity contribution >= 4 is 5.91 Å². The Balaban J connectivity index is 2.05. The molecule has 110 valence electrons. The van der Waals surface area contributed by atoms with E-state index in [4.69, 9.17) is 0 Å². The topological polar surface area (TPSA) is 35.6 Å². The largest absolute Gasteiger partial charge is 0.336 e. The van der Waals surface area contributed by atoms with Crippen LogP contribution in [0.15, 0.2) is 0 Å². The molecule has 2 aliphatic rings. The molecular formula is C15H29N3O. The van der Waals surface area contributed by atoms with Gasteiger partial charge in [0.25, 0.3) is 0 Å². The maximum atomic E-state index is 12.8. The molecule has 0 radical (unpaired) electrons. The predicted octanol–water partition coefficient (Wildman–Crippen LogP) is 1.46. The van der Waals surface area contributed by atoms with Crippen molar-refractivity contribution in [3.8, 4) is 0 Å². The Morgan fingerprint density at radius 1 is 1.11 bits per heavy atom. The molecule has 0 bridgehead atoms. The first kappa shape index (κ1) is 14.8. The Hall–Kier alpha value is -0.610. The Morgan fingerprint density at radius 3 is 2.26 bits per heavy atom. The molecule has 2 rings (SSSR count). The fourth-order valence-corrected chi connectivity index (χ4v) is 3.67. The van der Waals surface area contributed by atoms with Crippen molar-refractivity contribution in [2.24, 2.45) is 0 Å². The van der Waals surface area contributed by atoms with Gasteiger partial charge in [0, 0.05) is 37.3 Å². The lowest BCUT2D eigenvalue weighted by Gasteiger charge is -2.41. The van der Waals surface area contributed by atoms with Crippen molar-refractivity contribution in [3.05, 3.63) is 0 Å². The van der Waals surface area contributed by atoms with Crippen LogP contribution < -0.4 is 5.32 Å². The normalized spacial score (nSPS) is 38.5. The zero-order valence-corrected chi connectivity index (χ0v) is 13.0. The second kappa shape index (κ2) is 5.80. The highest BCUT2D eigenvalue weighted by Gasteiger charge is 2.38. The minimum absolute atomic E-state index is 0.0141. The van der Waals surface area contributed by atoms with E-state index in [1.54, 1.807) is 0 Å². The number of hydrogen-bond donors (Lipinski definition) is 1. The van der Waals surface area contributed by atoms with E-state index in [1.807, 2.05) is 0 Å². The van der Waals surface area contributed by atoms with Crippen molar-refractivity contribution in [2.45, 2.75) is 77.7 Å². The van der Waals surface area contributed by atoms with Crippen LogP contribution in [0.5, 0.6) is 0 Å². The standard InChI is InChI=1S/C15H29N3O/c1-10-9-17(13(4)8-16-10)15(19)14(5)18-11(2)6-7-12(18)3/h10-14,16H,6-9H2,1-5H3. The monoisotopic (exact) mass is 267 g/mol. The van der Waals surface area contributed by atoms with Crippen LogP contribution in [-0.4, -0.2) is 59.0 Å². The van der Waals surface area contributed by atoms with E-state index in [-0.39, 0.29) is 6.04 Å². The molecule has 4 heteroatoms. The van der Waals surface area contributed by atoms with Gasteiger partial charge in [-0.15, -0.1) is 0 Å². The Morgan fingerprint density at radius 2 is 1.68 bits per heavy atom. The maximum absolute atomic E-state index is 12.8. The van der Waals surface area contributed by atoms with Crippen LogP contribution in [0.3, 0.4) is 0 Å². The van der Waals surface area contributed by atoms with Gasteiger partial charge in [-0.05, 0) is 47.5 Å². The summed E-state index contributed by atoms with van der Waals surface area (Å²) in [4.78, 5) is 17.3. The van der Waals surface area contributed by atoms with Gasteiger partial charge in [0.15, 0.2) is 0 Å². The first-order valence-electron chi connectivity index (χ1n) is 7.73. The zero-order valence-electron chi connectivity index (χ0n) is 13.0. The van der Waals surface area contributed by atoms with Gasteiger partial charge in [0.1, 0.15) is 0 Å². The van der Waals surface area contributed by atoms with E-state index < -0.39 is 0 Å². The fraction of sp³-hybridized carbons (Fsp3) is 0.933. The van der Waals surface area contributed by atoms with E-state index in [0.29, 0.717) is 30.1 Å². The molecule has 0 aromatic rings. The Bertz CT molecular complexity index is 323. The van der Waals surface area contributed by atoms with Gasteiger partial charge < -0.3 is 10.2 Å². The van der Waals surface area contributed by atoms with Gasteiger partial charge in [-0.25, -0.2) is 0 Å². The SMILES string of the molecule is CC1CN(C(=O)C(C)N2C(C)CCC2C)C(C)CN1. The minimum atomic E-state index is 0.0141. The summed E-state index contributed by atoms with van der Waals surface area (Å²) in [5, 5.41) is 3.44. The first-order valence-corrected chi connectivity index (χ1v) is 7.73. The number of carbonyl (C=O) groups is 1. The third-order valence-corrected chi connectivity index (χ3v) is 4.87. The maximum Gasteiger partial charge on any atom is 0.239 e. The molecule has 1 N–H and O–H groups in total. The molecule has 5 unspecified atom stereocenters. The average molecular weight is 267 g/mol. The molecule has 0 aromatic carbocycles. The van der Waals surface area contributed by atoms with E-state index >= 15 is 0 Å². The average Bonchev–Trinajstić information content (AvgIpc) is 2.70. The molecule has 0 spiro atoms. The number of carbonyl (C=O) groups excluding carboxylic acids is 1. The molecule has 1 amide bonds. The summed E-state index contributed by atoms with van der Waals surface area (Å²) in [6.07, 6.45) is 2.43. The number of likely N-dealkylation sites (tertiary alicyclic amines) is 1. The molecule has 19 heavy (non-hydrogen) atoms. The van der Waals surface area contributed by atoms with Crippen LogP contribution in [0, 0.1) is 0 Å². The van der Waals surface area contributed by atoms with Crippen LogP contribution >= 0.6 is 0 Å². The van der Waals surface area contributed by atoms with Gasteiger partial charge in [-0.2, -0.15) is 0 Å². The minimum Gasteiger partial charge on any atom is -0.336 e. The van der Waals surface area contributed by atoms with Gasteiger partial charge in [0.05, 0.1) is 6.04 Å². The third kappa shape index (κ3) is 2.95. The Kier molecular flexibility index (Phi) is 4.51. The number of hydrogen-bond acceptors (Lipinski definition) is 3. The van der Waals surface area contributed by atoms with Gasteiger partial charge >= 0.3 is 0 Å². The fourth-order valence-electron chi connectivity index (χ4n) is 3.67. The second-order valence-electron chi connectivity index (χ2n) is 6.55. The zero-order chi connectivity index (χ0) is 14.2. The molecule has 2 saturated heterocycles. The van der Waals surface area contributed by atoms with Gasteiger partial charge in [-0.3, -0.25) is 9.69 Å². The van der Waals surface area contributed by atoms with Crippen molar-refractivity contribution in [1.29, 1.82) is 0 Å². The van der Waals surface area contributed by atoms with Crippen molar-refractivity contribution in [3.63, 3.8) is 0 Å².